The molecular formula is C18H24N6O. The molecule has 1 fully saturated rings. The van der Waals surface area contributed by atoms with Crippen molar-refractivity contribution in [2.24, 2.45) is 0 Å². The number of aromatic nitrogens is 3. The van der Waals surface area contributed by atoms with Crippen molar-refractivity contribution >= 4 is 17.4 Å². The predicted octanol–water partition coefficient (Wildman–Crippen LogP) is 1.85. The number of pyridine rings is 1. The van der Waals surface area contributed by atoms with Crippen molar-refractivity contribution in [2.75, 3.05) is 30.4 Å². The third kappa shape index (κ3) is 3.70. The van der Waals surface area contributed by atoms with Crippen LogP contribution in [0, 0.1) is 20.8 Å². The summed E-state index contributed by atoms with van der Waals surface area (Å²) in [7, 11) is 1.59. The lowest BCUT2D eigenvalue weighted by Crippen LogP contribution is -2.29. The molecule has 0 radical (unpaired) electrons. The van der Waals surface area contributed by atoms with E-state index in [9.17, 15) is 4.79 Å². The van der Waals surface area contributed by atoms with E-state index in [-0.39, 0.29) is 11.7 Å². The van der Waals surface area contributed by atoms with Crippen LogP contribution in [0.1, 0.15) is 34.0 Å². The van der Waals surface area contributed by atoms with Gasteiger partial charge in [0.15, 0.2) is 0 Å². The van der Waals surface area contributed by atoms with Crippen molar-refractivity contribution in [1.29, 1.82) is 0 Å². The predicted molar refractivity (Wildman–Crippen MR) is 98.1 cm³/mol. The SMILES string of the molecule is CNC(=O)c1nc(C)c(C)c(N2CC[C@@H](Nc3ccnc(C)c3)C2)n1. The lowest BCUT2D eigenvalue weighted by molar-refractivity contribution is 0.0952. The number of aryl methyl sites for hydroxylation is 2. The molecule has 0 unspecified atom stereocenters. The van der Waals surface area contributed by atoms with E-state index in [0.717, 1.165) is 48.0 Å². The van der Waals surface area contributed by atoms with Crippen molar-refractivity contribution in [3.8, 4) is 0 Å². The number of amides is 1. The van der Waals surface area contributed by atoms with Gasteiger partial charge in [0.1, 0.15) is 5.82 Å². The second-order valence-corrected chi connectivity index (χ2v) is 6.42. The molecule has 1 aliphatic rings. The van der Waals surface area contributed by atoms with E-state index in [4.69, 9.17) is 0 Å². The zero-order valence-corrected chi connectivity index (χ0v) is 15.1. The topological polar surface area (TPSA) is 83.0 Å². The molecule has 3 rings (SSSR count). The standard InChI is InChI=1S/C18H24N6O/c1-11-9-14(5-7-20-11)22-15-6-8-24(10-15)17-12(2)13(3)21-16(23-17)18(25)19-4/h5,7,9,15H,6,8,10H2,1-4H3,(H,19,25)(H,20,22)/t15-/m1/s1. The van der Waals surface area contributed by atoms with E-state index < -0.39 is 0 Å². The number of nitrogens with zero attached hydrogens (tertiary/aromatic N) is 4. The van der Waals surface area contributed by atoms with Gasteiger partial charge in [0, 0.05) is 55.0 Å². The summed E-state index contributed by atoms with van der Waals surface area (Å²) >= 11 is 0. The van der Waals surface area contributed by atoms with Crippen LogP contribution >= 0.6 is 0 Å². The molecule has 0 bridgehead atoms. The maximum absolute atomic E-state index is 11.9. The molecule has 2 N–H and O–H groups in total. The third-order valence-electron chi connectivity index (χ3n) is 4.55. The van der Waals surface area contributed by atoms with E-state index in [2.05, 4.69) is 30.5 Å². The molecule has 0 aromatic carbocycles. The van der Waals surface area contributed by atoms with Crippen LogP contribution in [0.25, 0.3) is 0 Å². The average molecular weight is 340 g/mol. The van der Waals surface area contributed by atoms with Crippen LogP contribution in [-0.2, 0) is 0 Å². The summed E-state index contributed by atoms with van der Waals surface area (Å²) < 4.78 is 0. The van der Waals surface area contributed by atoms with E-state index >= 15 is 0 Å². The van der Waals surface area contributed by atoms with Crippen molar-refractivity contribution in [2.45, 2.75) is 33.2 Å². The summed E-state index contributed by atoms with van der Waals surface area (Å²) in [6.45, 7) is 7.64. The van der Waals surface area contributed by atoms with E-state index in [1.165, 1.54) is 0 Å². The monoisotopic (exact) mass is 340 g/mol. The maximum Gasteiger partial charge on any atom is 0.288 e. The van der Waals surface area contributed by atoms with Crippen molar-refractivity contribution in [3.63, 3.8) is 0 Å². The summed E-state index contributed by atoms with van der Waals surface area (Å²) in [6, 6.07) is 4.37. The van der Waals surface area contributed by atoms with Crippen LogP contribution < -0.4 is 15.5 Å². The summed E-state index contributed by atoms with van der Waals surface area (Å²) in [5.41, 5.74) is 3.94. The lowest BCUT2D eigenvalue weighted by Gasteiger charge is -2.21. The second kappa shape index (κ2) is 7.04. The molecule has 1 aliphatic heterocycles. The normalized spacial score (nSPS) is 16.8. The van der Waals surface area contributed by atoms with Gasteiger partial charge in [-0.1, -0.05) is 0 Å². The van der Waals surface area contributed by atoms with Crippen molar-refractivity contribution in [3.05, 3.63) is 41.1 Å². The molecular weight excluding hydrogens is 316 g/mol. The first-order valence-corrected chi connectivity index (χ1v) is 8.49. The number of carbonyl (C=O) groups is 1. The molecule has 0 spiro atoms. The highest BCUT2D eigenvalue weighted by Gasteiger charge is 2.26. The molecule has 2 aromatic heterocycles. The highest BCUT2D eigenvalue weighted by Crippen LogP contribution is 2.25. The van der Waals surface area contributed by atoms with Gasteiger partial charge in [-0.15, -0.1) is 0 Å². The molecule has 7 heteroatoms. The first kappa shape index (κ1) is 17.1. The Balaban J connectivity index is 1.77. The Labute approximate surface area is 147 Å². The summed E-state index contributed by atoms with van der Waals surface area (Å²) in [5.74, 6) is 0.813. The zero-order chi connectivity index (χ0) is 18.0. The zero-order valence-electron chi connectivity index (χ0n) is 15.1. The Morgan fingerprint density at radius 3 is 2.80 bits per heavy atom. The second-order valence-electron chi connectivity index (χ2n) is 6.42. The van der Waals surface area contributed by atoms with Crippen LogP contribution in [-0.4, -0.2) is 47.0 Å². The largest absolute Gasteiger partial charge is 0.380 e. The Morgan fingerprint density at radius 2 is 2.08 bits per heavy atom. The molecule has 3 heterocycles. The lowest BCUT2D eigenvalue weighted by atomic mass is 10.2. The first-order valence-electron chi connectivity index (χ1n) is 8.49. The summed E-state index contributed by atoms with van der Waals surface area (Å²) in [6.07, 6.45) is 2.83. The van der Waals surface area contributed by atoms with E-state index in [1.54, 1.807) is 7.05 Å². The van der Waals surface area contributed by atoms with Crippen LogP contribution in [0.3, 0.4) is 0 Å². The Morgan fingerprint density at radius 1 is 1.28 bits per heavy atom. The average Bonchev–Trinajstić information content (AvgIpc) is 3.04. The Kier molecular flexibility index (Phi) is 4.83. The number of carbonyl (C=O) groups excluding carboxylic acids is 1. The molecule has 0 saturated carbocycles. The Bertz CT molecular complexity index is 791. The minimum Gasteiger partial charge on any atom is -0.380 e. The van der Waals surface area contributed by atoms with Gasteiger partial charge < -0.3 is 15.5 Å². The third-order valence-corrected chi connectivity index (χ3v) is 4.55. The maximum atomic E-state index is 11.9. The van der Waals surface area contributed by atoms with Gasteiger partial charge in [-0.3, -0.25) is 9.78 Å². The molecule has 2 aromatic rings. The fourth-order valence-electron chi connectivity index (χ4n) is 3.08. The molecule has 1 saturated heterocycles. The fraction of sp³-hybridized carbons (Fsp3) is 0.444. The van der Waals surface area contributed by atoms with Crippen LogP contribution in [0.2, 0.25) is 0 Å². The van der Waals surface area contributed by atoms with Gasteiger partial charge in [0.05, 0.1) is 0 Å². The number of hydrogen-bond acceptors (Lipinski definition) is 6. The number of rotatable bonds is 4. The molecule has 7 nitrogen and oxygen atoms in total. The number of hydrogen-bond donors (Lipinski definition) is 2. The van der Waals surface area contributed by atoms with Gasteiger partial charge in [0.25, 0.3) is 5.91 Å². The van der Waals surface area contributed by atoms with Crippen molar-refractivity contribution in [1.82, 2.24) is 20.3 Å². The molecule has 132 valence electrons. The minimum absolute atomic E-state index is 0.224. The van der Waals surface area contributed by atoms with Crippen LogP contribution in [0.5, 0.6) is 0 Å². The highest BCUT2D eigenvalue weighted by atomic mass is 16.2. The highest BCUT2D eigenvalue weighted by molar-refractivity contribution is 5.90. The quantitative estimate of drug-likeness (QED) is 0.884. The minimum atomic E-state index is -0.259. The van der Waals surface area contributed by atoms with Crippen LogP contribution in [0.15, 0.2) is 18.3 Å². The molecule has 25 heavy (non-hydrogen) atoms. The fourth-order valence-corrected chi connectivity index (χ4v) is 3.08. The van der Waals surface area contributed by atoms with Crippen molar-refractivity contribution < 1.29 is 4.79 Å². The smallest absolute Gasteiger partial charge is 0.288 e. The van der Waals surface area contributed by atoms with Gasteiger partial charge in [-0.25, -0.2) is 9.97 Å². The van der Waals surface area contributed by atoms with Gasteiger partial charge in [0.2, 0.25) is 5.82 Å². The van der Waals surface area contributed by atoms with Gasteiger partial charge in [-0.2, -0.15) is 0 Å². The molecule has 1 amide bonds. The summed E-state index contributed by atoms with van der Waals surface area (Å²) in [5, 5.41) is 6.15. The Hall–Kier alpha value is -2.70. The van der Waals surface area contributed by atoms with Gasteiger partial charge in [-0.05, 0) is 39.3 Å². The molecule has 0 aliphatic carbocycles. The van der Waals surface area contributed by atoms with E-state index in [0.29, 0.717) is 6.04 Å². The number of nitrogens with one attached hydrogen (secondary N) is 2. The molecule has 1 atom stereocenters. The van der Waals surface area contributed by atoms with Crippen LogP contribution in [0.4, 0.5) is 11.5 Å². The van der Waals surface area contributed by atoms with E-state index in [1.807, 2.05) is 39.1 Å². The number of anilines is 2. The van der Waals surface area contributed by atoms with Gasteiger partial charge >= 0.3 is 0 Å². The first-order chi connectivity index (χ1) is 12.0. The summed E-state index contributed by atoms with van der Waals surface area (Å²) in [4.78, 5) is 27.2.